The molecule has 0 fully saturated rings. The molecule has 2 aromatic carbocycles. The minimum atomic E-state index is -1.88. The molecule has 0 saturated carbocycles. The Balaban J connectivity index is 1.75. The largest absolute Gasteiger partial charge is 0.380 e. The molecule has 0 radical (unpaired) electrons. The molecule has 0 saturated heterocycles. The summed E-state index contributed by atoms with van der Waals surface area (Å²) in [6.45, 7) is 0.0351. The van der Waals surface area contributed by atoms with Crippen LogP contribution in [0.5, 0.6) is 0 Å². The zero-order chi connectivity index (χ0) is 18.7. The minimum Gasteiger partial charge on any atom is -0.380 e. The van der Waals surface area contributed by atoms with Gasteiger partial charge in [-0.15, -0.1) is 11.3 Å². The Morgan fingerprint density at radius 1 is 1.12 bits per heavy atom. The van der Waals surface area contributed by atoms with Gasteiger partial charge in [0.05, 0.1) is 21.1 Å². The third kappa shape index (κ3) is 4.54. The first-order valence-corrected chi connectivity index (χ1v) is 9.64. The highest BCUT2D eigenvalue weighted by atomic mass is 35.5. The second-order valence-corrected chi connectivity index (χ2v) is 7.45. The summed E-state index contributed by atoms with van der Waals surface area (Å²) in [4.78, 5) is 3.78. The van der Waals surface area contributed by atoms with Crippen LogP contribution in [0.25, 0.3) is 0 Å². The molecule has 136 valence electrons. The monoisotopic (exact) mass is 417 g/mol. The lowest BCUT2D eigenvalue weighted by molar-refractivity contribution is 0.580. The molecule has 3 rings (SSSR count). The molecule has 0 aliphatic heterocycles. The highest BCUT2D eigenvalue weighted by Crippen LogP contribution is 2.28. The Hall–Kier alpha value is -2.10. The summed E-state index contributed by atoms with van der Waals surface area (Å²) in [5.41, 5.74) is 2.09. The first-order valence-electron chi connectivity index (χ1n) is 7.17. The fraction of sp³-hybridized carbons (Fsp3) is 0.0625. The van der Waals surface area contributed by atoms with E-state index in [1.807, 2.05) is 0 Å². The van der Waals surface area contributed by atoms with Crippen molar-refractivity contribution >= 4 is 45.4 Å². The predicted octanol–water partition coefficient (Wildman–Crippen LogP) is 4.96. The average Bonchev–Trinajstić information content (AvgIpc) is 3.07. The van der Waals surface area contributed by atoms with E-state index < -0.39 is 28.4 Å². The minimum absolute atomic E-state index is 0.0351. The lowest BCUT2D eigenvalue weighted by Crippen LogP contribution is -2.08. The SMILES string of the molecule is O=S(Nc1cscn1)c1cc(Cl)c(NCc2cc(F)cc(F)c2)cc1F. The third-order valence-corrected chi connectivity index (χ3v) is 5.26. The summed E-state index contributed by atoms with van der Waals surface area (Å²) in [6.07, 6.45) is 0. The van der Waals surface area contributed by atoms with Crippen LogP contribution < -0.4 is 10.0 Å². The van der Waals surface area contributed by atoms with Crippen LogP contribution >= 0.6 is 22.9 Å². The number of halogens is 4. The van der Waals surface area contributed by atoms with Crippen molar-refractivity contribution in [2.24, 2.45) is 0 Å². The molecular formula is C16H11ClF3N3OS2. The van der Waals surface area contributed by atoms with Crippen LogP contribution in [0.15, 0.2) is 46.1 Å². The summed E-state index contributed by atoms with van der Waals surface area (Å²) in [6, 6.07) is 5.37. The van der Waals surface area contributed by atoms with E-state index in [1.165, 1.54) is 17.4 Å². The highest BCUT2D eigenvalue weighted by molar-refractivity contribution is 7.86. The zero-order valence-corrected chi connectivity index (χ0v) is 15.3. The highest BCUT2D eigenvalue weighted by Gasteiger charge is 2.15. The fourth-order valence-corrected chi connectivity index (χ4v) is 3.86. The predicted molar refractivity (Wildman–Crippen MR) is 97.2 cm³/mol. The average molecular weight is 418 g/mol. The number of anilines is 2. The van der Waals surface area contributed by atoms with Crippen molar-refractivity contribution in [1.82, 2.24) is 4.98 Å². The standard InChI is InChI=1S/C16H11ClF3N3OS2/c17-12-4-15(26(24)23-16-7-25-8-22-16)13(20)5-14(12)21-6-9-1-10(18)3-11(19)2-9/h1-5,7-8,21,23H,6H2. The smallest absolute Gasteiger partial charge is 0.154 e. The van der Waals surface area contributed by atoms with Gasteiger partial charge in [-0.25, -0.2) is 22.4 Å². The molecule has 3 aromatic rings. The van der Waals surface area contributed by atoms with E-state index in [0.717, 1.165) is 24.3 Å². The maximum Gasteiger partial charge on any atom is 0.154 e. The van der Waals surface area contributed by atoms with Crippen molar-refractivity contribution in [3.8, 4) is 0 Å². The molecule has 0 aliphatic rings. The van der Waals surface area contributed by atoms with Gasteiger partial charge in [0.1, 0.15) is 23.3 Å². The Bertz CT molecular complexity index is 934. The molecule has 0 spiro atoms. The van der Waals surface area contributed by atoms with Crippen LogP contribution in [0.4, 0.5) is 24.7 Å². The summed E-state index contributed by atoms with van der Waals surface area (Å²) in [7, 11) is -1.88. The van der Waals surface area contributed by atoms with Crippen molar-refractivity contribution in [1.29, 1.82) is 0 Å². The van der Waals surface area contributed by atoms with Gasteiger partial charge >= 0.3 is 0 Å². The van der Waals surface area contributed by atoms with Gasteiger partial charge in [0.2, 0.25) is 0 Å². The van der Waals surface area contributed by atoms with Crippen molar-refractivity contribution < 1.29 is 17.4 Å². The number of rotatable bonds is 6. The summed E-state index contributed by atoms with van der Waals surface area (Å²) >= 11 is 7.40. The Kier molecular flexibility index (Phi) is 5.80. The number of aromatic nitrogens is 1. The number of hydrogen-bond acceptors (Lipinski definition) is 4. The Morgan fingerprint density at radius 2 is 1.85 bits per heavy atom. The lowest BCUT2D eigenvalue weighted by atomic mass is 10.2. The first-order chi connectivity index (χ1) is 12.4. The topological polar surface area (TPSA) is 54.0 Å². The summed E-state index contributed by atoms with van der Waals surface area (Å²) in [5.74, 6) is -1.81. The van der Waals surface area contributed by atoms with Gasteiger partial charge in [-0.3, -0.25) is 4.72 Å². The summed E-state index contributed by atoms with van der Waals surface area (Å²) in [5, 5.41) is 4.55. The van der Waals surface area contributed by atoms with Crippen LogP contribution in [-0.4, -0.2) is 9.19 Å². The van der Waals surface area contributed by atoms with Crippen LogP contribution in [0, 0.1) is 17.5 Å². The second-order valence-electron chi connectivity index (χ2n) is 5.14. The molecule has 4 nitrogen and oxygen atoms in total. The van der Waals surface area contributed by atoms with Gasteiger partial charge in [0.25, 0.3) is 0 Å². The second kappa shape index (κ2) is 8.07. The first kappa shape index (κ1) is 18.7. The number of benzene rings is 2. The van der Waals surface area contributed by atoms with E-state index in [1.54, 1.807) is 10.9 Å². The third-order valence-electron chi connectivity index (χ3n) is 3.26. The van der Waals surface area contributed by atoms with Crippen molar-refractivity contribution in [3.05, 3.63) is 69.3 Å². The Labute approximate surface area is 158 Å². The van der Waals surface area contributed by atoms with Gasteiger partial charge in [-0.2, -0.15) is 0 Å². The maximum atomic E-state index is 14.3. The van der Waals surface area contributed by atoms with Crippen molar-refractivity contribution in [3.63, 3.8) is 0 Å². The van der Waals surface area contributed by atoms with Gasteiger partial charge in [-0.05, 0) is 29.8 Å². The number of thiazole rings is 1. The molecule has 1 heterocycles. The number of hydrogen-bond donors (Lipinski definition) is 2. The van der Waals surface area contributed by atoms with Crippen LogP contribution in [0.2, 0.25) is 5.02 Å². The van der Waals surface area contributed by atoms with Crippen molar-refractivity contribution in [2.45, 2.75) is 11.4 Å². The molecule has 1 unspecified atom stereocenters. The van der Waals surface area contributed by atoms with E-state index in [-0.39, 0.29) is 22.2 Å². The zero-order valence-electron chi connectivity index (χ0n) is 12.9. The maximum absolute atomic E-state index is 14.3. The summed E-state index contributed by atoms with van der Waals surface area (Å²) < 4.78 is 55.5. The van der Waals surface area contributed by atoms with Crippen LogP contribution in [0.3, 0.4) is 0 Å². The van der Waals surface area contributed by atoms with E-state index in [2.05, 4.69) is 15.0 Å². The molecule has 10 heteroatoms. The van der Waals surface area contributed by atoms with E-state index in [4.69, 9.17) is 11.6 Å². The molecule has 0 bridgehead atoms. The number of nitrogens with one attached hydrogen (secondary N) is 2. The van der Waals surface area contributed by atoms with Gasteiger partial charge in [0, 0.05) is 18.0 Å². The van der Waals surface area contributed by atoms with E-state index in [0.29, 0.717) is 11.4 Å². The molecule has 26 heavy (non-hydrogen) atoms. The van der Waals surface area contributed by atoms with Gasteiger partial charge in [-0.1, -0.05) is 11.6 Å². The number of nitrogens with zero attached hydrogens (tertiary/aromatic N) is 1. The van der Waals surface area contributed by atoms with Gasteiger partial charge < -0.3 is 5.32 Å². The molecular weight excluding hydrogens is 407 g/mol. The molecule has 0 aliphatic carbocycles. The Morgan fingerprint density at radius 3 is 2.50 bits per heavy atom. The van der Waals surface area contributed by atoms with E-state index in [9.17, 15) is 17.4 Å². The molecule has 0 amide bonds. The molecule has 1 aromatic heterocycles. The molecule has 2 N–H and O–H groups in total. The van der Waals surface area contributed by atoms with Crippen molar-refractivity contribution in [2.75, 3.05) is 10.0 Å². The fourth-order valence-electron chi connectivity index (χ4n) is 2.13. The normalized spacial score (nSPS) is 12.0. The van der Waals surface area contributed by atoms with Crippen LogP contribution in [-0.2, 0) is 17.5 Å². The lowest BCUT2D eigenvalue weighted by Gasteiger charge is -2.12. The van der Waals surface area contributed by atoms with Gasteiger partial charge in [0.15, 0.2) is 11.0 Å². The quantitative estimate of drug-likeness (QED) is 0.596. The van der Waals surface area contributed by atoms with E-state index >= 15 is 0 Å². The van der Waals surface area contributed by atoms with Crippen LogP contribution in [0.1, 0.15) is 5.56 Å². The molecule has 1 atom stereocenters.